The monoisotopic (exact) mass is 225 g/mol. The second kappa shape index (κ2) is 5.99. The summed E-state index contributed by atoms with van der Waals surface area (Å²) < 4.78 is 0. The smallest absolute Gasteiger partial charge is 0.0109 e. The van der Waals surface area contributed by atoms with Crippen molar-refractivity contribution in [3.63, 3.8) is 0 Å². The van der Waals surface area contributed by atoms with Crippen molar-refractivity contribution >= 4 is 0 Å². The van der Waals surface area contributed by atoms with Crippen LogP contribution >= 0.6 is 0 Å². The quantitative estimate of drug-likeness (QED) is 0.775. The topological polar surface area (TPSA) is 32.5 Å². The Labute approximate surface area is 100.0 Å². The number of hydrogen-bond acceptors (Lipinski definition) is 3. The van der Waals surface area contributed by atoms with Gasteiger partial charge in [0.2, 0.25) is 0 Å². The van der Waals surface area contributed by atoms with Gasteiger partial charge in [0.15, 0.2) is 0 Å². The molecule has 0 radical (unpaired) electrons. The average molecular weight is 225 g/mol. The summed E-state index contributed by atoms with van der Waals surface area (Å²) in [6.07, 6.45) is 4.12. The summed E-state index contributed by atoms with van der Waals surface area (Å²) in [5.41, 5.74) is 5.79. The molecule has 2 N–H and O–H groups in total. The minimum absolute atomic E-state index is 0.767. The highest BCUT2D eigenvalue weighted by molar-refractivity contribution is 4.79. The minimum atomic E-state index is 0.767. The second-order valence-electron chi connectivity index (χ2n) is 5.61. The van der Waals surface area contributed by atoms with Crippen LogP contribution in [0.5, 0.6) is 0 Å². The number of hydrogen-bond donors (Lipinski definition) is 1. The molecule has 2 aliphatic rings. The van der Waals surface area contributed by atoms with Crippen LogP contribution in [0.1, 0.15) is 26.2 Å². The fraction of sp³-hybridized carbons (Fsp3) is 1.00. The minimum Gasteiger partial charge on any atom is -0.330 e. The van der Waals surface area contributed by atoms with Crippen LogP contribution in [0, 0.1) is 11.8 Å². The summed E-state index contributed by atoms with van der Waals surface area (Å²) in [5.74, 6) is 1.56. The third-order valence-electron chi connectivity index (χ3n) is 4.40. The Balaban J connectivity index is 1.67. The van der Waals surface area contributed by atoms with E-state index in [1.165, 1.54) is 58.5 Å². The zero-order chi connectivity index (χ0) is 11.4. The summed E-state index contributed by atoms with van der Waals surface area (Å²) in [4.78, 5) is 5.24. The molecule has 0 aromatic carbocycles. The van der Waals surface area contributed by atoms with Gasteiger partial charge in [0, 0.05) is 19.6 Å². The van der Waals surface area contributed by atoms with Crippen LogP contribution in [0.15, 0.2) is 0 Å². The van der Waals surface area contributed by atoms with Crippen LogP contribution in [0.2, 0.25) is 0 Å². The van der Waals surface area contributed by atoms with E-state index < -0.39 is 0 Å². The number of rotatable bonds is 4. The Kier molecular flexibility index (Phi) is 4.62. The fourth-order valence-corrected chi connectivity index (χ4v) is 3.12. The Morgan fingerprint density at radius 2 is 1.75 bits per heavy atom. The molecule has 2 saturated heterocycles. The van der Waals surface area contributed by atoms with Crippen LogP contribution in [0.4, 0.5) is 0 Å². The first-order chi connectivity index (χ1) is 7.79. The third kappa shape index (κ3) is 3.19. The first-order valence-corrected chi connectivity index (χ1v) is 6.94. The lowest BCUT2D eigenvalue weighted by Gasteiger charge is -2.37. The normalized spacial score (nSPS) is 33.4. The van der Waals surface area contributed by atoms with E-state index in [0.29, 0.717) is 0 Å². The fourth-order valence-electron chi connectivity index (χ4n) is 3.12. The molecule has 0 aromatic heterocycles. The van der Waals surface area contributed by atoms with Gasteiger partial charge in [-0.2, -0.15) is 0 Å². The molecule has 16 heavy (non-hydrogen) atoms. The number of piperidine rings is 1. The Hall–Kier alpha value is -0.120. The van der Waals surface area contributed by atoms with Gasteiger partial charge in [-0.3, -0.25) is 0 Å². The van der Waals surface area contributed by atoms with Crippen molar-refractivity contribution in [2.75, 3.05) is 45.8 Å². The SMILES string of the molecule is CC1CN(CCN2CCCC2)CCC1CN. The number of nitrogens with zero attached hydrogens (tertiary/aromatic N) is 2. The summed E-state index contributed by atoms with van der Waals surface area (Å²) in [5, 5.41) is 0. The van der Waals surface area contributed by atoms with E-state index in [9.17, 15) is 0 Å². The number of likely N-dealkylation sites (tertiary alicyclic amines) is 2. The van der Waals surface area contributed by atoms with Gasteiger partial charge < -0.3 is 15.5 Å². The molecular weight excluding hydrogens is 198 g/mol. The molecule has 2 unspecified atom stereocenters. The van der Waals surface area contributed by atoms with Gasteiger partial charge >= 0.3 is 0 Å². The predicted octanol–water partition coefficient (Wildman–Crippen LogP) is 0.999. The third-order valence-corrected chi connectivity index (χ3v) is 4.40. The Morgan fingerprint density at radius 3 is 2.38 bits per heavy atom. The van der Waals surface area contributed by atoms with Crippen molar-refractivity contribution in [2.45, 2.75) is 26.2 Å². The van der Waals surface area contributed by atoms with Gasteiger partial charge in [0.05, 0.1) is 0 Å². The van der Waals surface area contributed by atoms with E-state index in [4.69, 9.17) is 5.73 Å². The summed E-state index contributed by atoms with van der Waals surface area (Å²) in [7, 11) is 0. The molecule has 0 spiro atoms. The molecule has 2 atom stereocenters. The molecule has 0 saturated carbocycles. The van der Waals surface area contributed by atoms with Crippen LogP contribution in [0.3, 0.4) is 0 Å². The van der Waals surface area contributed by atoms with Crippen LogP contribution in [-0.2, 0) is 0 Å². The largest absolute Gasteiger partial charge is 0.330 e. The molecule has 0 amide bonds. The van der Waals surface area contributed by atoms with E-state index >= 15 is 0 Å². The number of nitrogens with two attached hydrogens (primary N) is 1. The van der Waals surface area contributed by atoms with E-state index in [1.54, 1.807) is 0 Å². The van der Waals surface area contributed by atoms with Crippen LogP contribution in [0.25, 0.3) is 0 Å². The van der Waals surface area contributed by atoms with Crippen molar-refractivity contribution in [1.29, 1.82) is 0 Å². The van der Waals surface area contributed by atoms with Gasteiger partial charge in [0.1, 0.15) is 0 Å². The van der Waals surface area contributed by atoms with Crippen molar-refractivity contribution < 1.29 is 0 Å². The van der Waals surface area contributed by atoms with E-state index in [0.717, 1.165) is 18.4 Å². The molecule has 3 nitrogen and oxygen atoms in total. The Morgan fingerprint density at radius 1 is 1.06 bits per heavy atom. The second-order valence-corrected chi connectivity index (χ2v) is 5.61. The maximum Gasteiger partial charge on any atom is 0.0109 e. The van der Waals surface area contributed by atoms with Crippen molar-refractivity contribution in [1.82, 2.24) is 9.80 Å². The average Bonchev–Trinajstić information content (AvgIpc) is 2.79. The van der Waals surface area contributed by atoms with Gasteiger partial charge in [-0.15, -0.1) is 0 Å². The lowest BCUT2D eigenvalue weighted by molar-refractivity contribution is 0.121. The molecule has 2 aliphatic heterocycles. The maximum absolute atomic E-state index is 5.79. The first-order valence-electron chi connectivity index (χ1n) is 6.94. The summed E-state index contributed by atoms with van der Waals surface area (Å²) in [6, 6.07) is 0. The molecule has 0 aromatic rings. The van der Waals surface area contributed by atoms with Gasteiger partial charge in [-0.25, -0.2) is 0 Å². The molecule has 2 fully saturated rings. The first kappa shape index (κ1) is 12.3. The van der Waals surface area contributed by atoms with Crippen molar-refractivity contribution in [2.24, 2.45) is 17.6 Å². The highest BCUT2D eigenvalue weighted by atomic mass is 15.2. The van der Waals surface area contributed by atoms with Crippen molar-refractivity contribution in [3.05, 3.63) is 0 Å². The zero-order valence-electron chi connectivity index (χ0n) is 10.7. The molecular formula is C13H27N3. The van der Waals surface area contributed by atoms with Gasteiger partial charge in [-0.05, 0) is 57.3 Å². The molecule has 2 rings (SSSR count). The van der Waals surface area contributed by atoms with Crippen LogP contribution in [-0.4, -0.2) is 55.6 Å². The summed E-state index contributed by atoms with van der Waals surface area (Å²) >= 11 is 0. The van der Waals surface area contributed by atoms with E-state index in [-0.39, 0.29) is 0 Å². The molecule has 94 valence electrons. The molecule has 0 bridgehead atoms. The Bertz CT molecular complexity index is 201. The van der Waals surface area contributed by atoms with Crippen molar-refractivity contribution in [3.8, 4) is 0 Å². The lowest BCUT2D eigenvalue weighted by Crippen LogP contribution is -2.44. The van der Waals surface area contributed by atoms with Crippen LogP contribution < -0.4 is 5.73 Å². The zero-order valence-corrected chi connectivity index (χ0v) is 10.7. The van der Waals surface area contributed by atoms with E-state index in [1.807, 2.05) is 0 Å². The van der Waals surface area contributed by atoms with Gasteiger partial charge in [0.25, 0.3) is 0 Å². The predicted molar refractivity (Wildman–Crippen MR) is 68.4 cm³/mol. The van der Waals surface area contributed by atoms with Gasteiger partial charge in [-0.1, -0.05) is 6.92 Å². The highest BCUT2D eigenvalue weighted by Crippen LogP contribution is 2.22. The standard InChI is InChI=1S/C13H27N3/c1-12-11-16(7-4-13(12)10-14)9-8-15-5-2-3-6-15/h12-13H,2-11,14H2,1H3. The summed E-state index contributed by atoms with van der Waals surface area (Å²) in [6.45, 7) is 11.0. The highest BCUT2D eigenvalue weighted by Gasteiger charge is 2.25. The molecule has 0 aliphatic carbocycles. The maximum atomic E-state index is 5.79. The molecule has 2 heterocycles. The lowest BCUT2D eigenvalue weighted by atomic mass is 9.87. The molecule has 3 heteroatoms. The van der Waals surface area contributed by atoms with E-state index in [2.05, 4.69) is 16.7 Å².